The fraction of sp³-hybridized carbons (Fsp3) is 0.227. The monoisotopic (exact) mass is 464 g/mol. The van der Waals surface area contributed by atoms with Gasteiger partial charge in [0.15, 0.2) is 0 Å². The number of amides is 1. The number of rotatable bonds is 6. The molecule has 0 saturated heterocycles. The van der Waals surface area contributed by atoms with Gasteiger partial charge < -0.3 is 10.1 Å². The van der Waals surface area contributed by atoms with Gasteiger partial charge >= 0.3 is 0 Å². The number of hydrogen-bond donors (Lipinski definition) is 1. The Morgan fingerprint density at radius 1 is 1.18 bits per heavy atom. The van der Waals surface area contributed by atoms with Crippen molar-refractivity contribution in [3.8, 4) is 11.4 Å². The quantitative estimate of drug-likeness (QED) is 0.465. The van der Waals surface area contributed by atoms with Crippen LogP contribution in [-0.2, 0) is 17.9 Å². The molecule has 1 aliphatic rings. The molecule has 0 atom stereocenters. The number of nitrogens with one attached hydrogen (secondary N) is 1. The molecule has 3 heterocycles. The van der Waals surface area contributed by atoms with Crippen LogP contribution in [0, 0.1) is 6.92 Å². The van der Waals surface area contributed by atoms with Crippen molar-refractivity contribution in [2.45, 2.75) is 26.4 Å². The number of fused-ring (bicyclic) bond motifs is 1. The van der Waals surface area contributed by atoms with Gasteiger partial charge in [-0.25, -0.2) is 14.3 Å². The molecule has 2 aromatic carbocycles. The number of carbonyl (C=O) groups is 1. The first kappa shape index (κ1) is 21.0. The lowest BCUT2D eigenvalue weighted by Gasteiger charge is -2.26. The molecule has 4 aromatic rings. The standard InChI is InChI=1S/C22H21ClN8O2/c1-14-24-13-31(27-14)18-8-7-16(11-19(18)33-2)25-21-26-22-29(20(32)9-10-30(22)28-21)12-15-5-3-4-6-17(15)23/h3-8,11,13H,9-10,12H2,1-2H3,(H,25,28). The van der Waals surface area contributed by atoms with Crippen LogP contribution in [0.3, 0.4) is 0 Å². The van der Waals surface area contributed by atoms with E-state index in [2.05, 4.69) is 25.5 Å². The van der Waals surface area contributed by atoms with Gasteiger partial charge in [-0.2, -0.15) is 10.1 Å². The third-order valence-corrected chi connectivity index (χ3v) is 5.68. The van der Waals surface area contributed by atoms with Crippen molar-refractivity contribution in [3.63, 3.8) is 0 Å². The van der Waals surface area contributed by atoms with E-state index < -0.39 is 0 Å². The van der Waals surface area contributed by atoms with Crippen molar-refractivity contribution in [1.29, 1.82) is 0 Å². The minimum atomic E-state index is -0.0180. The molecule has 1 N–H and O–H groups in total. The van der Waals surface area contributed by atoms with Gasteiger partial charge in [0, 0.05) is 23.2 Å². The average Bonchev–Trinajstić information content (AvgIpc) is 3.43. The zero-order chi connectivity index (χ0) is 22.9. The Hall–Kier alpha value is -3.92. The third kappa shape index (κ3) is 4.12. The van der Waals surface area contributed by atoms with Gasteiger partial charge in [-0.05, 0) is 30.7 Å². The lowest BCUT2D eigenvalue weighted by atomic mass is 10.2. The molecule has 0 unspecified atom stereocenters. The average molecular weight is 465 g/mol. The minimum absolute atomic E-state index is 0.0180. The summed E-state index contributed by atoms with van der Waals surface area (Å²) in [5.41, 5.74) is 2.35. The van der Waals surface area contributed by atoms with E-state index in [9.17, 15) is 4.79 Å². The number of aryl methyl sites for hydroxylation is 2. The fourth-order valence-corrected chi connectivity index (χ4v) is 3.87. The summed E-state index contributed by atoms with van der Waals surface area (Å²) in [6.07, 6.45) is 1.98. The fourth-order valence-electron chi connectivity index (χ4n) is 3.68. The van der Waals surface area contributed by atoms with Crippen molar-refractivity contribution < 1.29 is 9.53 Å². The molecule has 1 aliphatic heterocycles. The van der Waals surface area contributed by atoms with Gasteiger partial charge in [0.2, 0.25) is 17.8 Å². The molecular formula is C22H21ClN8O2. The first-order valence-corrected chi connectivity index (χ1v) is 10.7. The highest BCUT2D eigenvalue weighted by Crippen LogP contribution is 2.29. The van der Waals surface area contributed by atoms with E-state index in [1.165, 1.54) is 0 Å². The van der Waals surface area contributed by atoms with Crippen LogP contribution in [0.2, 0.25) is 5.02 Å². The number of nitrogens with zero attached hydrogens (tertiary/aromatic N) is 7. The van der Waals surface area contributed by atoms with Crippen molar-refractivity contribution in [2.75, 3.05) is 17.3 Å². The maximum Gasteiger partial charge on any atom is 0.248 e. The number of hydrogen-bond acceptors (Lipinski definition) is 7. The number of halogens is 1. The van der Waals surface area contributed by atoms with Crippen molar-refractivity contribution in [1.82, 2.24) is 29.5 Å². The van der Waals surface area contributed by atoms with Gasteiger partial charge in [0.05, 0.1) is 20.2 Å². The van der Waals surface area contributed by atoms with Crippen molar-refractivity contribution in [3.05, 3.63) is 65.2 Å². The van der Waals surface area contributed by atoms with E-state index in [0.717, 1.165) is 16.9 Å². The van der Waals surface area contributed by atoms with E-state index >= 15 is 0 Å². The first-order chi connectivity index (χ1) is 16.0. The topological polar surface area (TPSA) is 103 Å². The third-order valence-electron chi connectivity index (χ3n) is 5.31. The van der Waals surface area contributed by atoms with Crippen LogP contribution < -0.4 is 15.0 Å². The number of carbonyl (C=O) groups excluding carboxylic acids is 1. The molecule has 0 bridgehead atoms. The van der Waals surface area contributed by atoms with Crippen LogP contribution >= 0.6 is 11.6 Å². The van der Waals surface area contributed by atoms with Gasteiger partial charge in [-0.3, -0.25) is 9.69 Å². The molecule has 2 aromatic heterocycles. The summed E-state index contributed by atoms with van der Waals surface area (Å²) in [7, 11) is 1.60. The summed E-state index contributed by atoms with van der Waals surface area (Å²) in [5.74, 6) is 2.13. The summed E-state index contributed by atoms with van der Waals surface area (Å²) in [4.78, 5) is 23.0. The van der Waals surface area contributed by atoms with Gasteiger partial charge in [-0.1, -0.05) is 29.8 Å². The van der Waals surface area contributed by atoms with Gasteiger partial charge in [-0.15, -0.1) is 5.10 Å². The Kier molecular flexibility index (Phi) is 5.43. The highest BCUT2D eigenvalue weighted by molar-refractivity contribution is 6.31. The molecule has 0 radical (unpaired) electrons. The summed E-state index contributed by atoms with van der Waals surface area (Å²) in [6, 6.07) is 13.0. The van der Waals surface area contributed by atoms with E-state index in [0.29, 0.717) is 48.0 Å². The molecule has 10 nitrogen and oxygen atoms in total. The van der Waals surface area contributed by atoms with E-state index in [-0.39, 0.29) is 5.91 Å². The SMILES string of the molecule is COc1cc(Nc2nc3n(n2)CCC(=O)N3Cc2ccccc2Cl)ccc1-n1cnc(C)n1. The molecule has 168 valence electrons. The zero-order valence-corrected chi connectivity index (χ0v) is 18.8. The minimum Gasteiger partial charge on any atom is -0.494 e. The predicted molar refractivity (Wildman–Crippen MR) is 123 cm³/mol. The van der Waals surface area contributed by atoms with Crippen LogP contribution in [0.25, 0.3) is 5.69 Å². The molecule has 0 fully saturated rings. The van der Waals surface area contributed by atoms with Crippen LogP contribution in [0.1, 0.15) is 17.8 Å². The second-order valence-electron chi connectivity index (χ2n) is 7.53. The Bertz CT molecular complexity index is 1330. The Balaban J connectivity index is 1.41. The highest BCUT2D eigenvalue weighted by Gasteiger charge is 2.28. The lowest BCUT2D eigenvalue weighted by Crippen LogP contribution is -2.37. The maximum atomic E-state index is 12.6. The smallest absolute Gasteiger partial charge is 0.248 e. The number of ether oxygens (including phenoxy) is 1. The number of anilines is 3. The van der Waals surface area contributed by atoms with E-state index in [1.54, 1.807) is 33.8 Å². The van der Waals surface area contributed by atoms with Gasteiger partial charge in [0.1, 0.15) is 23.6 Å². The Labute approximate surface area is 194 Å². The summed E-state index contributed by atoms with van der Waals surface area (Å²) < 4.78 is 8.92. The molecule has 0 saturated carbocycles. The molecule has 33 heavy (non-hydrogen) atoms. The van der Waals surface area contributed by atoms with E-state index in [1.807, 2.05) is 43.3 Å². The molecule has 0 aliphatic carbocycles. The Morgan fingerprint density at radius 2 is 2.03 bits per heavy atom. The molecule has 5 rings (SSSR count). The predicted octanol–water partition coefficient (Wildman–Crippen LogP) is 3.51. The lowest BCUT2D eigenvalue weighted by molar-refractivity contribution is -0.119. The van der Waals surface area contributed by atoms with Crippen LogP contribution in [0.5, 0.6) is 5.75 Å². The molecule has 0 spiro atoms. The normalized spacial score (nSPS) is 13.2. The second-order valence-corrected chi connectivity index (χ2v) is 7.94. The highest BCUT2D eigenvalue weighted by atomic mass is 35.5. The number of benzene rings is 2. The van der Waals surface area contributed by atoms with Crippen molar-refractivity contribution in [2.24, 2.45) is 0 Å². The molecule has 1 amide bonds. The maximum absolute atomic E-state index is 12.6. The Morgan fingerprint density at radius 3 is 2.79 bits per heavy atom. The van der Waals surface area contributed by atoms with Crippen LogP contribution in [0.4, 0.5) is 17.6 Å². The van der Waals surface area contributed by atoms with Crippen LogP contribution in [0.15, 0.2) is 48.8 Å². The zero-order valence-electron chi connectivity index (χ0n) is 18.1. The second kappa shape index (κ2) is 8.55. The molecular weight excluding hydrogens is 444 g/mol. The number of aromatic nitrogens is 6. The van der Waals surface area contributed by atoms with Crippen molar-refractivity contribution >= 4 is 35.1 Å². The largest absolute Gasteiger partial charge is 0.494 e. The van der Waals surface area contributed by atoms with E-state index in [4.69, 9.17) is 16.3 Å². The summed E-state index contributed by atoms with van der Waals surface area (Å²) in [5, 5.41) is 12.7. The summed E-state index contributed by atoms with van der Waals surface area (Å²) >= 11 is 6.30. The van der Waals surface area contributed by atoms with Crippen LogP contribution in [-0.4, -0.2) is 42.5 Å². The first-order valence-electron chi connectivity index (χ1n) is 10.3. The number of methoxy groups -OCH3 is 1. The molecule has 11 heteroatoms. The summed E-state index contributed by atoms with van der Waals surface area (Å²) in [6.45, 7) is 2.62. The van der Waals surface area contributed by atoms with Gasteiger partial charge in [0.25, 0.3) is 0 Å².